The van der Waals surface area contributed by atoms with Crippen molar-refractivity contribution in [1.82, 2.24) is 5.32 Å². The maximum absolute atomic E-state index is 12.9. The molecule has 0 aliphatic rings. The number of nitrogens with one attached hydrogen (secondary N) is 2. The van der Waals surface area contributed by atoms with Crippen LogP contribution >= 0.6 is 27.7 Å². The summed E-state index contributed by atoms with van der Waals surface area (Å²) >= 11 is 4.72. The van der Waals surface area contributed by atoms with E-state index in [0.717, 1.165) is 10.0 Å². The van der Waals surface area contributed by atoms with Gasteiger partial charge in [-0.3, -0.25) is 9.59 Å². The smallest absolute Gasteiger partial charge is 0.234 e. The van der Waals surface area contributed by atoms with E-state index in [0.29, 0.717) is 5.69 Å². The van der Waals surface area contributed by atoms with Gasteiger partial charge in [0, 0.05) is 10.2 Å². The molecule has 2 N–H and O–H groups in total. The Morgan fingerprint density at radius 1 is 1.12 bits per heavy atom. The number of hydrogen-bond donors (Lipinski definition) is 2. The normalized spacial score (nSPS) is 12.9. The van der Waals surface area contributed by atoms with Crippen LogP contribution in [0.15, 0.2) is 53.0 Å². The van der Waals surface area contributed by atoms with Crippen molar-refractivity contribution in [3.63, 3.8) is 0 Å². The van der Waals surface area contributed by atoms with Crippen LogP contribution in [0.1, 0.15) is 25.5 Å². The molecule has 7 heteroatoms. The van der Waals surface area contributed by atoms with Crippen molar-refractivity contribution in [2.75, 3.05) is 11.1 Å². The molecular weight excluding hydrogens is 419 g/mol. The Labute approximate surface area is 165 Å². The van der Waals surface area contributed by atoms with Crippen molar-refractivity contribution < 1.29 is 14.0 Å². The van der Waals surface area contributed by atoms with Gasteiger partial charge in [-0.05, 0) is 49.7 Å². The molecule has 2 rings (SSSR count). The van der Waals surface area contributed by atoms with Crippen molar-refractivity contribution in [3.8, 4) is 0 Å². The SMILES string of the molecule is CC(SCC(=O)Nc1ccc(F)cc1)C(=O)NC(C)c1ccccc1Br. The van der Waals surface area contributed by atoms with Gasteiger partial charge in [0.25, 0.3) is 0 Å². The molecule has 0 saturated heterocycles. The molecule has 26 heavy (non-hydrogen) atoms. The number of thioether (sulfide) groups is 1. The second kappa shape index (κ2) is 9.73. The second-order valence-corrected chi connectivity index (χ2v) is 7.94. The first-order valence-corrected chi connectivity index (χ1v) is 9.93. The Bertz CT molecular complexity index is 770. The molecule has 4 nitrogen and oxygen atoms in total. The summed E-state index contributed by atoms with van der Waals surface area (Å²) < 4.78 is 13.8. The lowest BCUT2D eigenvalue weighted by Gasteiger charge is -2.18. The fourth-order valence-corrected chi connectivity index (χ4v) is 3.56. The molecule has 2 unspecified atom stereocenters. The van der Waals surface area contributed by atoms with E-state index in [1.807, 2.05) is 31.2 Å². The average Bonchev–Trinajstić information content (AvgIpc) is 2.61. The summed E-state index contributed by atoms with van der Waals surface area (Å²) in [7, 11) is 0. The molecule has 0 bridgehead atoms. The van der Waals surface area contributed by atoms with Crippen molar-refractivity contribution >= 4 is 45.2 Å². The highest BCUT2D eigenvalue weighted by molar-refractivity contribution is 9.10. The van der Waals surface area contributed by atoms with E-state index in [2.05, 4.69) is 26.6 Å². The highest BCUT2D eigenvalue weighted by atomic mass is 79.9. The van der Waals surface area contributed by atoms with E-state index in [1.54, 1.807) is 6.92 Å². The highest BCUT2D eigenvalue weighted by Gasteiger charge is 2.18. The van der Waals surface area contributed by atoms with E-state index < -0.39 is 0 Å². The molecule has 2 aromatic carbocycles. The standard InChI is InChI=1S/C19H20BrFN2O2S/c1-12(16-5-3-4-6-17(16)20)22-19(25)13(2)26-11-18(24)23-15-9-7-14(21)8-10-15/h3-10,12-13H,11H2,1-2H3,(H,22,25)(H,23,24). The highest BCUT2D eigenvalue weighted by Crippen LogP contribution is 2.23. The number of halogens is 2. The van der Waals surface area contributed by atoms with Gasteiger partial charge in [-0.25, -0.2) is 4.39 Å². The zero-order valence-corrected chi connectivity index (χ0v) is 16.9. The van der Waals surface area contributed by atoms with Crippen LogP contribution in [0.5, 0.6) is 0 Å². The van der Waals surface area contributed by atoms with Crippen molar-refractivity contribution in [3.05, 3.63) is 64.4 Å². The number of carbonyl (C=O) groups excluding carboxylic acids is 2. The largest absolute Gasteiger partial charge is 0.349 e. The molecule has 2 atom stereocenters. The zero-order valence-electron chi connectivity index (χ0n) is 14.5. The molecule has 0 radical (unpaired) electrons. The number of rotatable bonds is 7. The Kier molecular flexibility index (Phi) is 7.66. The Balaban J connectivity index is 1.80. The summed E-state index contributed by atoms with van der Waals surface area (Å²) in [6.07, 6.45) is 0. The Morgan fingerprint density at radius 3 is 2.42 bits per heavy atom. The molecule has 0 saturated carbocycles. The minimum atomic E-state index is -0.376. The summed E-state index contributed by atoms with van der Waals surface area (Å²) in [5.41, 5.74) is 1.52. The number of hydrogen-bond acceptors (Lipinski definition) is 3. The molecular formula is C19H20BrFN2O2S. The lowest BCUT2D eigenvalue weighted by Crippen LogP contribution is -2.34. The van der Waals surface area contributed by atoms with Gasteiger partial charge in [0.15, 0.2) is 0 Å². The maximum Gasteiger partial charge on any atom is 0.234 e. The fourth-order valence-electron chi connectivity index (χ4n) is 2.24. The number of amides is 2. The number of anilines is 1. The third-order valence-corrected chi connectivity index (χ3v) is 5.56. The minimum Gasteiger partial charge on any atom is -0.349 e. The molecule has 0 heterocycles. The minimum absolute atomic E-state index is 0.132. The summed E-state index contributed by atoms with van der Waals surface area (Å²) in [4.78, 5) is 24.3. The van der Waals surface area contributed by atoms with Crippen LogP contribution in [0.4, 0.5) is 10.1 Å². The third-order valence-electron chi connectivity index (χ3n) is 3.69. The van der Waals surface area contributed by atoms with Crippen molar-refractivity contribution in [1.29, 1.82) is 0 Å². The van der Waals surface area contributed by atoms with Gasteiger partial charge in [-0.15, -0.1) is 11.8 Å². The molecule has 0 spiro atoms. The molecule has 138 valence electrons. The van der Waals surface area contributed by atoms with E-state index in [9.17, 15) is 14.0 Å². The van der Waals surface area contributed by atoms with Gasteiger partial charge < -0.3 is 10.6 Å². The van der Waals surface area contributed by atoms with Gasteiger partial charge in [-0.2, -0.15) is 0 Å². The van der Waals surface area contributed by atoms with Crippen LogP contribution in [-0.2, 0) is 9.59 Å². The molecule has 0 aliphatic carbocycles. The molecule has 2 amide bonds. The Hall–Kier alpha value is -1.86. The summed E-state index contributed by atoms with van der Waals surface area (Å²) in [6.45, 7) is 3.68. The van der Waals surface area contributed by atoms with Gasteiger partial charge in [0.1, 0.15) is 5.82 Å². The van der Waals surface area contributed by atoms with E-state index in [4.69, 9.17) is 0 Å². The van der Waals surface area contributed by atoms with E-state index in [1.165, 1.54) is 36.0 Å². The lowest BCUT2D eigenvalue weighted by atomic mass is 10.1. The van der Waals surface area contributed by atoms with Crippen LogP contribution in [-0.4, -0.2) is 22.8 Å². The average molecular weight is 439 g/mol. The lowest BCUT2D eigenvalue weighted by molar-refractivity contribution is -0.120. The first-order chi connectivity index (χ1) is 12.4. The van der Waals surface area contributed by atoms with Crippen molar-refractivity contribution in [2.45, 2.75) is 25.1 Å². The van der Waals surface area contributed by atoms with Crippen LogP contribution in [0.25, 0.3) is 0 Å². The summed E-state index contributed by atoms with van der Waals surface area (Å²) in [6, 6.07) is 13.1. The zero-order chi connectivity index (χ0) is 19.1. The monoisotopic (exact) mass is 438 g/mol. The Morgan fingerprint density at radius 2 is 1.77 bits per heavy atom. The predicted octanol–water partition coefficient (Wildman–Crippen LogP) is 4.53. The quantitative estimate of drug-likeness (QED) is 0.667. The van der Waals surface area contributed by atoms with Crippen LogP contribution in [0.3, 0.4) is 0 Å². The summed E-state index contributed by atoms with van der Waals surface area (Å²) in [5.74, 6) is -0.593. The van der Waals surface area contributed by atoms with Gasteiger partial charge >= 0.3 is 0 Å². The summed E-state index contributed by atoms with van der Waals surface area (Å²) in [5, 5.41) is 5.25. The van der Waals surface area contributed by atoms with Gasteiger partial charge in [0.2, 0.25) is 11.8 Å². The number of benzene rings is 2. The maximum atomic E-state index is 12.9. The third kappa shape index (κ3) is 6.14. The van der Waals surface area contributed by atoms with E-state index in [-0.39, 0.29) is 34.7 Å². The molecule has 0 fully saturated rings. The van der Waals surface area contributed by atoms with E-state index >= 15 is 0 Å². The van der Waals surface area contributed by atoms with Gasteiger partial charge in [0.05, 0.1) is 17.0 Å². The molecule has 0 aromatic heterocycles. The van der Waals surface area contributed by atoms with Crippen LogP contribution < -0.4 is 10.6 Å². The van der Waals surface area contributed by atoms with Gasteiger partial charge in [-0.1, -0.05) is 34.1 Å². The van der Waals surface area contributed by atoms with Crippen molar-refractivity contribution in [2.24, 2.45) is 0 Å². The topological polar surface area (TPSA) is 58.2 Å². The molecule has 0 aliphatic heterocycles. The first kappa shape index (κ1) is 20.5. The number of carbonyl (C=O) groups is 2. The van der Waals surface area contributed by atoms with Crippen LogP contribution in [0, 0.1) is 5.82 Å². The fraction of sp³-hybridized carbons (Fsp3) is 0.263. The first-order valence-electron chi connectivity index (χ1n) is 8.08. The predicted molar refractivity (Wildman–Crippen MR) is 108 cm³/mol. The second-order valence-electron chi connectivity index (χ2n) is 5.76. The van der Waals surface area contributed by atoms with Crippen LogP contribution in [0.2, 0.25) is 0 Å². The molecule has 2 aromatic rings.